The van der Waals surface area contributed by atoms with Gasteiger partial charge >= 0.3 is 0 Å². The Morgan fingerprint density at radius 2 is 2.28 bits per heavy atom. The number of benzene rings is 1. The van der Waals surface area contributed by atoms with Crippen LogP contribution in [0.2, 0.25) is 5.02 Å². The molecule has 2 rings (SSSR count). The van der Waals surface area contributed by atoms with Crippen molar-refractivity contribution < 1.29 is 0 Å². The molecule has 1 aromatic carbocycles. The van der Waals surface area contributed by atoms with Crippen molar-refractivity contribution >= 4 is 11.6 Å². The van der Waals surface area contributed by atoms with Gasteiger partial charge in [0.2, 0.25) is 0 Å². The largest absolute Gasteiger partial charge is 0.276 e. The lowest BCUT2D eigenvalue weighted by Gasteiger charge is -2.18. The number of aromatic nitrogens is 2. The van der Waals surface area contributed by atoms with Gasteiger partial charge in [-0.2, -0.15) is 5.10 Å². The molecule has 0 aliphatic rings. The summed E-state index contributed by atoms with van der Waals surface area (Å²) in [6.07, 6.45) is 4.62. The summed E-state index contributed by atoms with van der Waals surface area (Å²) in [7, 11) is 1.90. The van der Waals surface area contributed by atoms with Crippen LogP contribution in [0.5, 0.6) is 0 Å². The zero-order valence-electron chi connectivity index (χ0n) is 10.5. The lowest BCUT2D eigenvalue weighted by molar-refractivity contribution is 0.549. The minimum absolute atomic E-state index is 0.0351. The van der Waals surface area contributed by atoms with E-state index in [2.05, 4.69) is 17.4 Å². The molecular formula is C13H17ClN4. The summed E-state index contributed by atoms with van der Waals surface area (Å²) in [5.41, 5.74) is 6.28. The fraction of sp³-hybridized carbons (Fsp3) is 0.308. The molecule has 96 valence electrons. The van der Waals surface area contributed by atoms with Crippen molar-refractivity contribution in [1.82, 2.24) is 15.2 Å². The lowest BCUT2D eigenvalue weighted by Crippen LogP contribution is -2.30. The van der Waals surface area contributed by atoms with Gasteiger partial charge in [0.25, 0.3) is 0 Å². The van der Waals surface area contributed by atoms with Crippen LogP contribution >= 0.6 is 11.6 Å². The summed E-state index contributed by atoms with van der Waals surface area (Å²) in [6.45, 7) is 2.05. The van der Waals surface area contributed by atoms with Gasteiger partial charge in [0, 0.05) is 18.3 Å². The van der Waals surface area contributed by atoms with Crippen LogP contribution in [0.4, 0.5) is 0 Å². The Hall–Kier alpha value is -1.36. The maximum absolute atomic E-state index is 6.04. The summed E-state index contributed by atoms with van der Waals surface area (Å²) in [4.78, 5) is 0. The van der Waals surface area contributed by atoms with Gasteiger partial charge in [0.05, 0.1) is 12.2 Å². The molecule has 2 aromatic rings. The van der Waals surface area contributed by atoms with Gasteiger partial charge in [-0.25, -0.2) is 0 Å². The molecule has 1 heterocycles. The number of hydrogen-bond donors (Lipinski definition) is 2. The molecule has 1 atom stereocenters. The average molecular weight is 265 g/mol. The number of nitrogens with zero attached hydrogens (tertiary/aromatic N) is 2. The first-order valence-corrected chi connectivity index (χ1v) is 6.17. The van der Waals surface area contributed by atoms with E-state index in [1.807, 2.05) is 37.6 Å². The van der Waals surface area contributed by atoms with Gasteiger partial charge in [0.1, 0.15) is 0 Å². The quantitative estimate of drug-likeness (QED) is 0.657. The van der Waals surface area contributed by atoms with Gasteiger partial charge in [-0.1, -0.05) is 17.7 Å². The van der Waals surface area contributed by atoms with E-state index in [1.54, 1.807) is 4.68 Å². The second-order valence-corrected chi connectivity index (χ2v) is 4.88. The summed E-state index contributed by atoms with van der Waals surface area (Å²) in [6, 6.07) is 5.88. The lowest BCUT2D eigenvalue weighted by atomic mass is 9.97. The van der Waals surface area contributed by atoms with Crippen LogP contribution in [0.15, 0.2) is 30.6 Å². The number of aryl methyl sites for hydroxylation is 2. The summed E-state index contributed by atoms with van der Waals surface area (Å²) >= 11 is 6.04. The maximum atomic E-state index is 6.04. The van der Waals surface area contributed by atoms with Gasteiger partial charge in [-0.3, -0.25) is 16.0 Å². The molecule has 0 aliphatic carbocycles. The van der Waals surface area contributed by atoms with Crippen molar-refractivity contribution in [2.24, 2.45) is 12.9 Å². The standard InChI is InChI=1S/C13H17ClN4/c1-9-3-4-11(14)6-12(9)13(17-15)5-10-7-16-18(2)8-10/h3-4,6-8,13,17H,5,15H2,1-2H3. The normalized spacial score (nSPS) is 12.7. The highest BCUT2D eigenvalue weighted by atomic mass is 35.5. The average Bonchev–Trinajstić information content (AvgIpc) is 2.75. The first-order chi connectivity index (χ1) is 8.60. The molecule has 0 saturated heterocycles. The highest BCUT2D eigenvalue weighted by Gasteiger charge is 2.14. The van der Waals surface area contributed by atoms with Gasteiger partial charge in [-0.05, 0) is 42.2 Å². The first kappa shape index (κ1) is 13.1. The van der Waals surface area contributed by atoms with E-state index < -0.39 is 0 Å². The van der Waals surface area contributed by atoms with Crippen molar-refractivity contribution in [1.29, 1.82) is 0 Å². The van der Waals surface area contributed by atoms with Crippen molar-refractivity contribution in [3.05, 3.63) is 52.3 Å². The molecule has 1 aromatic heterocycles. The predicted octanol–water partition coefficient (Wildman–Crippen LogP) is 2.13. The van der Waals surface area contributed by atoms with Crippen molar-refractivity contribution in [2.75, 3.05) is 0 Å². The molecular weight excluding hydrogens is 248 g/mol. The number of nitrogens with one attached hydrogen (secondary N) is 1. The summed E-state index contributed by atoms with van der Waals surface area (Å²) in [5.74, 6) is 5.66. The molecule has 18 heavy (non-hydrogen) atoms. The fourth-order valence-electron chi connectivity index (χ4n) is 2.06. The van der Waals surface area contributed by atoms with E-state index in [0.717, 1.165) is 22.6 Å². The Labute approximate surface area is 112 Å². The molecule has 3 N–H and O–H groups in total. The second kappa shape index (κ2) is 5.52. The second-order valence-electron chi connectivity index (χ2n) is 4.45. The predicted molar refractivity (Wildman–Crippen MR) is 73.2 cm³/mol. The monoisotopic (exact) mass is 264 g/mol. The van der Waals surface area contributed by atoms with E-state index in [0.29, 0.717) is 0 Å². The van der Waals surface area contributed by atoms with Crippen molar-refractivity contribution in [3.63, 3.8) is 0 Å². The van der Waals surface area contributed by atoms with Crippen LogP contribution in [0.25, 0.3) is 0 Å². The van der Waals surface area contributed by atoms with E-state index in [1.165, 1.54) is 5.56 Å². The zero-order valence-corrected chi connectivity index (χ0v) is 11.3. The third-order valence-corrected chi connectivity index (χ3v) is 3.25. The zero-order chi connectivity index (χ0) is 13.1. The highest BCUT2D eigenvalue weighted by molar-refractivity contribution is 6.30. The third kappa shape index (κ3) is 2.90. The Morgan fingerprint density at radius 3 is 2.89 bits per heavy atom. The highest BCUT2D eigenvalue weighted by Crippen LogP contribution is 2.24. The molecule has 0 fully saturated rings. The topological polar surface area (TPSA) is 55.9 Å². The molecule has 0 bridgehead atoms. The number of hydrazine groups is 1. The van der Waals surface area contributed by atoms with Crippen LogP contribution in [0.3, 0.4) is 0 Å². The summed E-state index contributed by atoms with van der Waals surface area (Å²) in [5, 5.41) is 4.88. The number of hydrogen-bond acceptors (Lipinski definition) is 3. The Kier molecular flexibility index (Phi) is 4.01. The van der Waals surface area contributed by atoms with E-state index in [4.69, 9.17) is 17.4 Å². The van der Waals surface area contributed by atoms with E-state index in [-0.39, 0.29) is 6.04 Å². The third-order valence-electron chi connectivity index (χ3n) is 3.02. The van der Waals surface area contributed by atoms with Crippen LogP contribution in [0, 0.1) is 6.92 Å². The molecule has 0 radical (unpaired) electrons. The Morgan fingerprint density at radius 1 is 1.50 bits per heavy atom. The minimum Gasteiger partial charge on any atom is -0.276 e. The molecule has 0 saturated carbocycles. The first-order valence-electron chi connectivity index (χ1n) is 5.80. The molecule has 4 nitrogen and oxygen atoms in total. The van der Waals surface area contributed by atoms with Gasteiger partial charge < -0.3 is 0 Å². The Bertz CT molecular complexity index is 536. The van der Waals surface area contributed by atoms with Gasteiger partial charge in [0.15, 0.2) is 0 Å². The van der Waals surface area contributed by atoms with Crippen LogP contribution < -0.4 is 11.3 Å². The molecule has 1 unspecified atom stereocenters. The fourth-order valence-corrected chi connectivity index (χ4v) is 2.24. The van der Waals surface area contributed by atoms with Crippen LogP contribution in [-0.2, 0) is 13.5 Å². The van der Waals surface area contributed by atoms with Gasteiger partial charge in [-0.15, -0.1) is 0 Å². The number of halogens is 1. The van der Waals surface area contributed by atoms with E-state index in [9.17, 15) is 0 Å². The SMILES string of the molecule is Cc1ccc(Cl)cc1C(Cc1cnn(C)c1)NN. The minimum atomic E-state index is 0.0351. The van der Waals surface area contributed by atoms with E-state index >= 15 is 0 Å². The molecule has 0 amide bonds. The number of rotatable bonds is 4. The van der Waals surface area contributed by atoms with Crippen LogP contribution in [-0.4, -0.2) is 9.78 Å². The maximum Gasteiger partial charge on any atom is 0.0522 e. The summed E-state index contributed by atoms with van der Waals surface area (Å²) < 4.78 is 1.79. The molecule has 0 aliphatic heterocycles. The smallest absolute Gasteiger partial charge is 0.0522 e. The molecule has 0 spiro atoms. The van der Waals surface area contributed by atoms with Crippen LogP contribution in [0.1, 0.15) is 22.7 Å². The molecule has 5 heteroatoms. The van der Waals surface area contributed by atoms with Crippen molar-refractivity contribution in [3.8, 4) is 0 Å². The number of nitrogens with two attached hydrogens (primary N) is 1. The van der Waals surface area contributed by atoms with Crippen molar-refractivity contribution in [2.45, 2.75) is 19.4 Å². The Balaban J connectivity index is 2.25.